The molecule has 1 aliphatic rings. The summed E-state index contributed by atoms with van der Waals surface area (Å²) < 4.78 is 5.36. The molecule has 0 saturated carbocycles. The molecule has 0 aromatic heterocycles. The summed E-state index contributed by atoms with van der Waals surface area (Å²) in [5.41, 5.74) is 0.318. The van der Waals surface area contributed by atoms with Crippen LogP contribution >= 0.6 is 0 Å². The van der Waals surface area contributed by atoms with Crippen molar-refractivity contribution in [1.82, 2.24) is 5.32 Å². The van der Waals surface area contributed by atoms with Gasteiger partial charge in [-0.25, -0.2) is 0 Å². The molecule has 0 amide bonds. The highest BCUT2D eigenvalue weighted by molar-refractivity contribution is 4.82. The normalized spacial score (nSPS) is 19.9. The van der Waals surface area contributed by atoms with Crippen LogP contribution in [-0.2, 0) is 4.74 Å². The third-order valence-corrected chi connectivity index (χ3v) is 3.20. The van der Waals surface area contributed by atoms with Gasteiger partial charge in [0.15, 0.2) is 0 Å². The predicted molar refractivity (Wildman–Crippen MR) is 57.3 cm³/mol. The second kappa shape index (κ2) is 5.69. The number of nitrogens with one attached hydrogen (secondary N) is 1. The van der Waals surface area contributed by atoms with Gasteiger partial charge in [0.25, 0.3) is 0 Å². The molecule has 0 bridgehead atoms. The first-order valence-electron chi connectivity index (χ1n) is 5.56. The van der Waals surface area contributed by atoms with Gasteiger partial charge in [0.05, 0.1) is 6.61 Å². The van der Waals surface area contributed by atoms with Gasteiger partial charge in [-0.3, -0.25) is 0 Å². The van der Waals surface area contributed by atoms with Crippen molar-refractivity contribution in [1.29, 1.82) is 0 Å². The van der Waals surface area contributed by atoms with Gasteiger partial charge >= 0.3 is 0 Å². The van der Waals surface area contributed by atoms with Crippen LogP contribution in [0.4, 0.5) is 0 Å². The van der Waals surface area contributed by atoms with E-state index in [2.05, 4.69) is 19.2 Å². The van der Waals surface area contributed by atoms with Gasteiger partial charge in [-0.1, -0.05) is 13.8 Å². The fraction of sp³-hybridized carbons (Fsp3) is 1.00. The highest BCUT2D eigenvalue weighted by Gasteiger charge is 2.30. The first-order valence-corrected chi connectivity index (χ1v) is 5.56. The molecule has 3 heteroatoms. The summed E-state index contributed by atoms with van der Waals surface area (Å²) in [5, 5.41) is 12.0. The summed E-state index contributed by atoms with van der Waals surface area (Å²) >= 11 is 0. The number of ether oxygens (including phenoxy) is 1. The minimum atomic E-state index is 0.226. The van der Waals surface area contributed by atoms with E-state index in [-0.39, 0.29) is 6.61 Å². The van der Waals surface area contributed by atoms with Crippen LogP contribution in [0.2, 0.25) is 0 Å². The zero-order valence-electron chi connectivity index (χ0n) is 9.38. The second-order valence-corrected chi connectivity index (χ2v) is 4.78. The molecule has 1 rings (SSSR count). The summed E-state index contributed by atoms with van der Waals surface area (Å²) in [6, 6.07) is 0. The molecule has 1 saturated heterocycles. The molecule has 0 radical (unpaired) electrons. The van der Waals surface area contributed by atoms with Gasteiger partial charge in [0.1, 0.15) is 0 Å². The van der Waals surface area contributed by atoms with E-state index in [4.69, 9.17) is 9.84 Å². The summed E-state index contributed by atoms with van der Waals surface area (Å²) in [6.07, 6.45) is 2.35. The van der Waals surface area contributed by atoms with Crippen LogP contribution in [0.5, 0.6) is 0 Å². The van der Waals surface area contributed by atoms with E-state index in [0.29, 0.717) is 12.0 Å². The molecular weight excluding hydrogens is 178 g/mol. The van der Waals surface area contributed by atoms with Crippen LogP contribution in [-0.4, -0.2) is 38.0 Å². The van der Waals surface area contributed by atoms with E-state index in [1.54, 1.807) is 0 Å². The highest BCUT2D eigenvalue weighted by atomic mass is 16.5. The van der Waals surface area contributed by atoms with Crippen molar-refractivity contribution >= 4 is 0 Å². The van der Waals surface area contributed by atoms with E-state index in [9.17, 15) is 0 Å². The molecule has 0 aromatic carbocycles. The zero-order valence-corrected chi connectivity index (χ0v) is 9.38. The van der Waals surface area contributed by atoms with Crippen LogP contribution < -0.4 is 5.32 Å². The molecule has 0 spiro atoms. The van der Waals surface area contributed by atoms with Crippen LogP contribution in [0.3, 0.4) is 0 Å². The van der Waals surface area contributed by atoms with Gasteiger partial charge in [-0.15, -0.1) is 0 Å². The topological polar surface area (TPSA) is 41.5 Å². The Morgan fingerprint density at radius 2 is 2.00 bits per heavy atom. The number of aliphatic hydroxyl groups excluding tert-OH is 1. The molecule has 2 N–H and O–H groups in total. The van der Waals surface area contributed by atoms with Crippen molar-refractivity contribution in [2.24, 2.45) is 11.3 Å². The van der Waals surface area contributed by atoms with Gasteiger partial charge in [0.2, 0.25) is 0 Å². The van der Waals surface area contributed by atoms with Crippen LogP contribution in [0.1, 0.15) is 26.7 Å². The molecule has 0 atom stereocenters. The smallest absolute Gasteiger partial charge is 0.0555 e. The van der Waals surface area contributed by atoms with Crippen LogP contribution in [0, 0.1) is 11.3 Å². The third kappa shape index (κ3) is 3.56. The minimum absolute atomic E-state index is 0.226. The lowest BCUT2D eigenvalue weighted by atomic mass is 9.74. The lowest BCUT2D eigenvalue weighted by molar-refractivity contribution is 0.0226. The number of rotatable bonds is 5. The van der Waals surface area contributed by atoms with Crippen molar-refractivity contribution in [2.45, 2.75) is 26.7 Å². The molecule has 1 heterocycles. The van der Waals surface area contributed by atoms with Gasteiger partial charge < -0.3 is 15.2 Å². The van der Waals surface area contributed by atoms with Gasteiger partial charge in [-0.2, -0.15) is 0 Å². The van der Waals surface area contributed by atoms with E-state index >= 15 is 0 Å². The maximum Gasteiger partial charge on any atom is 0.0555 e. The van der Waals surface area contributed by atoms with E-state index in [0.717, 1.165) is 25.7 Å². The average Bonchev–Trinajstić information content (AvgIpc) is 2.19. The van der Waals surface area contributed by atoms with E-state index < -0.39 is 0 Å². The fourth-order valence-corrected chi connectivity index (χ4v) is 2.11. The maximum atomic E-state index is 8.69. The maximum absolute atomic E-state index is 8.69. The Morgan fingerprint density at radius 3 is 2.57 bits per heavy atom. The highest BCUT2D eigenvalue weighted by Crippen LogP contribution is 2.33. The summed E-state index contributed by atoms with van der Waals surface area (Å²) in [4.78, 5) is 0. The molecule has 3 nitrogen and oxygen atoms in total. The number of hydrogen-bond donors (Lipinski definition) is 2. The zero-order chi connectivity index (χ0) is 10.4. The first kappa shape index (κ1) is 12.0. The Labute approximate surface area is 86.8 Å². The summed E-state index contributed by atoms with van der Waals surface area (Å²) in [6.45, 7) is 8.33. The van der Waals surface area contributed by atoms with E-state index in [1.807, 2.05) is 0 Å². The lowest BCUT2D eigenvalue weighted by Gasteiger charge is -2.37. The first-order chi connectivity index (χ1) is 6.67. The Kier molecular flexibility index (Phi) is 4.85. The van der Waals surface area contributed by atoms with Crippen molar-refractivity contribution in [3.05, 3.63) is 0 Å². The van der Waals surface area contributed by atoms with Crippen LogP contribution in [0.15, 0.2) is 0 Å². The average molecular weight is 201 g/mol. The molecular formula is C11H23NO2. The standard InChI is InChI=1S/C11H23NO2/c1-11(2,9-12-5-6-13)10-3-7-14-8-4-10/h10,12-13H,3-9H2,1-2H3. The van der Waals surface area contributed by atoms with Crippen molar-refractivity contribution < 1.29 is 9.84 Å². The van der Waals surface area contributed by atoms with Crippen molar-refractivity contribution in [3.63, 3.8) is 0 Å². The molecule has 84 valence electrons. The lowest BCUT2D eigenvalue weighted by Crippen LogP contribution is -2.39. The molecule has 1 aliphatic heterocycles. The quantitative estimate of drug-likeness (QED) is 0.653. The number of aliphatic hydroxyl groups is 1. The summed E-state index contributed by atoms with van der Waals surface area (Å²) in [7, 11) is 0. The van der Waals surface area contributed by atoms with Gasteiger partial charge in [0, 0.05) is 26.3 Å². The van der Waals surface area contributed by atoms with Crippen molar-refractivity contribution in [2.75, 3.05) is 32.9 Å². The van der Waals surface area contributed by atoms with E-state index in [1.165, 1.54) is 12.8 Å². The molecule has 0 aromatic rings. The van der Waals surface area contributed by atoms with Gasteiger partial charge in [-0.05, 0) is 24.2 Å². The Bertz CT molecular complexity index is 153. The monoisotopic (exact) mass is 201 g/mol. The Morgan fingerprint density at radius 1 is 1.36 bits per heavy atom. The number of hydrogen-bond acceptors (Lipinski definition) is 3. The van der Waals surface area contributed by atoms with Crippen molar-refractivity contribution in [3.8, 4) is 0 Å². The SMILES string of the molecule is CC(C)(CNCCO)C1CCOCC1. The molecule has 14 heavy (non-hydrogen) atoms. The second-order valence-electron chi connectivity index (χ2n) is 4.78. The molecule has 0 aliphatic carbocycles. The largest absolute Gasteiger partial charge is 0.395 e. The summed E-state index contributed by atoms with van der Waals surface area (Å²) in [5.74, 6) is 0.752. The fourth-order valence-electron chi connectivity index (χ4n) is 2.11. The molecule has 0 unspecified atom stereocenters. The minimum Gasteiger partial charge on any atom is -0.395 e. The Balaban J connectivity index is 2.29. The van der Waals surface area contributed by atoms with Crippen LogP contribution in [0.25, 0.3) is 0 Å². The molecule has 1 fully saturated rings. The third-order valence-electron chi connectivity index (χ3n) is 3.20. The Hall–Kier alpha value is -0.120. The predicted octanol–water partition coefficient (Wildman–Crippen LogP) is 1.02.